The van der Waals surface area contributed by atoms with Crippen LogP contribution in [0.3, 0.4) is 0 Å². The number of anilines is 1. The molecule has 0 radical (unpaired) electrons. The van der Waals surface area contributed by atoms with Crippen LogP contribution in [-0.2, 0) is 16.6 Å². The van der Waals surface area contributed by atoms with Gasteiger partial charge in [-0.05, 0) is 49.4 Å². The second-order valence-corrected chi connectivity index (χ2v) is 7.91. The summed E-state index contributed by atoms with van der Waals surface area (Å²) in [5, 5.41) is 3.64. The molecule has 0 saturated carbocycles. The smallest absolute Gasteiger partial charge is 0.225 e. The molecule has 3 nitrogen and oxygen atoms in total. The number of rotatable bonds is 4. The molecule has 2 aliphatic rings. The van der Waals surface area contributed by atoms with Gasteiger partial charge in [-0.2, -0.15) is 0 Å². The minimum absolute atomic E-state index is 0.0487. The number of nitrogens with one attached hydrogen (secondary N) is 1. The summed E-state index contributed by atoms with van der Waals surface area (Å²) in [4.78, 5) is 14.3. The van der Waals surface area contributed by atoms with Crippen molar-refractivity contribution in [3.63, 3.8) is 0 Å². The number of hydrogen-bond acceptors (Lipinski definition) is 2. The van der Waals surface area contributed by atoms with Crippen LogP contribution in [0.5, 0.6) is 0 Å². The molecule has 2 aromatic carbocycles. The summed E-state index contributed by atoms with van der Waals surface area (Å²) in [5.74, 6) is 0.226. The Hall–Kier alpha value is -2.55. The van der Waals surface area contributed by atoms with E-state index < -0.39 is 0 Å². The largest absolute Gasteiger partial charge is 0.364 e. The average molecular weight is 346 g/mol. The normalized spacial score (nSPS) is 23.4. The molecule has 4 rings (SSSR count). The Labute approximate surface area is 155 Å². The molecule has 0 spiro atoms. The fourth-order valence-corrected chi connectivity index (χ4v) is 4.40. The van der Waals surface area contributed by atoms with Crippen LogP contribution < -0.4 is 5.32 Å². The zero-order chi connectivity index (χ0) is 18.3. The summed E-state index contributed by atoms with van der Waals surface area (Å²) in [6.07, 6.45) is 4.72. The van der Waals surface area contributed by atoms with E-state index in [1.165, 1.54) is 28.0 Å². The van der Waals surface area contributed by atoms with Crippen LogP contribution in [0.4, 0.5) is 5.69 Å². The van der Waals surface area contributed by atoms with Gasteiger partial charge in [0.05, 0.1) is 0 Å². The van der Waals surface area contributed by atoms with Crippen LogP contribution >= 0.6 is 0 Å². The van der Waals surface area contributed by atoms with E-state index in [0.717, 1.165) is 12.8 Å². The molecule has 1 saturated heterocycles. The monoisotopic (exact) mass is 346 g/mol. The maximum absolute atomic E-state index is 12.4. The van der Waals surface area contributed by atoms with Crippen LogP contribution in [-0.4, -0.2) is 24.0 Å². The lowest BCUT2D eigenvalue weighted by Gasteiger charge is -2.29. The number of carbonyl (C=O) groups excluding carboxylic acids is 1. The lowest BCUT2D eigenvalue weighted by Crippen LogP contribution is -2.41. The number of allylic oxidation sites excluding steroid dienone is 2. The topological polar surface area (TPSA) is 32.3 Å². The van der Waals surface area contributed by atoms with Crippen molar-refractivity contribution in [2.75, 3.05) is 12.4 Å². The molecule has 26 heavy (non-hydrogen) atoms. The molecule has 2 aliphatic heterocycles. The maximum atomic E-state index is 12.4. The van der Waals surface area contributed by atoms with E-state index >= 15 is 0 Å². The molecular formula is C23H26N2O. The Morgan fingerprint density at radius 1 is 1.19 bits per heavy atom. The summed E-state index contributed by atoms with van der Waals surface area (Å²) < 4.78 is 0. The van der Waals surface area contributed by atoms with Crippen molar-refractivity contribution in [3.05, 3.63) is 76.9 Å². The van der Waals surface area contributed by atoms with Crippen LogP contribution in [0.25, 0.3) is 0 Å². The summed E-state index contributed by atoms with van der Waals surface area (Å²) >= 11 is 0. The van der Waals surface area contributed by atoms with Crippen LogP contribution in [0.1, 0.15) is 43.4 Å². The standard InChI is InChI=1S/C23H26N2O/c1-16(2)11-12-23-15-21(26)25(3)22(23)24-20-14-18(9-10-19(20)23)13-17-7-5-4-6-8-17/h4-11,14,22,24H,12-13,15H2,1-3H3/t22-,23-/m0/s1. The van der Waals surface area contributed by atoms with Gasteiger partial charge in [0.25, 0.3) is 0 Å². The number of likely N-dealkylation sites (tertiary alicyclic amines) is 1. The molecule has 1 fully saturated rings. The first kappa shape index (κ1) is 16.9. The molecule has 0 bridgehead atoms. The van der Waals surface area contributed by atoms with Gasteiger partial charge in [0.1, 0.15) is 6.17 Å². The molecule has 0 aromatic heterocycles. The number of carbonyl (C=O) groups is 1. The number of benzene rings is 2. The number of likely N-dealkylation sites (N-methyl/N-ethyl adjacent to an activating group) is 1. The summed E-state index contributed by atoms with van der Waals surface area (Å²) in [6.45, 7) is 4.25. The van der Waals surface area contributed by atoms with Crippen molar-refractivity contribution in [2.45, 2.75) is 44.7 Å². The van der Waals surface area contributed by atoms with Crippen LogP contribution in [0.2, 0.25) is 0 Å². The minimum Gasteiger partial charge on any atom is -0.364 e. The molecular weight excluding hydrogens is 320 g/mol. The second-order valence-electron chi connectivity index (χ2n) is 7.91. The number of hydrogen-bond donors (Lipinski definition) is 1. The Morgan fingerprint density at radius 3 is 2.69 bits per heavy atom. The van der Waals surface area contributed by atoms with Crippen molar-refractivity contribution in [1.29, 1.82) is 0 Å². The van der Waals surface area contributed by atoms with Crippen molar-refractivity contribution in [2.24, 2.45) is 0 Å². The third-order valence-corrected chi connectivity index (χ3v) is 5.81. The van der Waals surface area contributed by atoms with Gasteiger partial charge in [-0.3, -0.25) is 4.79 Å². The SMILES string of the molecule is CC(C)=CC[C@@]12CC(=O)N(C)[C@@H]1Nc1cc(Cc3ccccc3)ccc12. The molecule has 1 amide bonds. The van der Waals surface area contributed by atoms with Gasteiger partial charge < -0.3 is 10.2 Å². The van der Waals surface area contributed by atoms with Gasteiger partial charge >= 0.3 is 0 Å². The Morgan fingerprint density at radius 2 is 1.96 bits per heavy atom. The zero-order valence-corrected chi connectivity index (χ0v) is 15.8. The Bertz CT molecular complexity index is 867. The Balaban J connectivity index is 1.70. The number of nitrogens with zero attached hydrogens (tertiary/aromatic N) is 1. The third kappa shape index (κ3) is 2.72. The van der Waals surface area contributed by atoms with E-state index in [2.05, 4.69) is 73.8 Å². The molecule has 2 heterocycles. The first-order valence-corrected chi connectivity index (χ1v) is 9.32. The molecule has 0 aliphatic carbocycles. The average Bonchev–Trinajstić information content (AvgIpc) is 3.05. The molecule has 2 aromatic rings. The van der Waals surface area contributed by atoms with Gasteiger partial charge in [0, 0.05) is 24.6 Å². The second kappa shape index (κ2) is 6.31. The molecule has 2 atom stereocenters. The van der Waals surface area contributed by atoms with Crippen molar-refractivity contribution >= 4 is 11.6 Å². The summed E-state index contributed by atoms with van der Waals surface area (Å²) in [7, 11) is 1.92. The van der Waals surface area contributed by atoms with Gasteiger partial charge in [-0.15, -0.1) is 0 Å². The highest BCUT2D eigenvalue weighted by atomic mass is 16.2. The zero-order valence-electron chi connectivity index (χ0n) is 15.8. The predicted octanol–water partition coefficient (Wildman–Crippen LogP) is 4.49. The highest BCUT2D eigenvalue weighted by Crippen LogP contribution is 2.51. The van der Waals surface area contributed by atoms with E-state index in [0.29, 0.717) is 6.42 Å². The fraction of sp³-hybridized carbons (Fsp3) is 0.348. The molecule has 3 heteroatoms. The first-order chi connectivity index (χ1) is 12.5. The van der Waals surface area contributed by atoms with Gasteiger partial charge in [-0.1, -0.05) is 54.1 Å². The minimum atomic E-state index is -0.149. The maximum Gasteiger partial charge on any atom is 0.225 e. The predicted molar refractivity (Wildman–Crippen MR) is 106 cm³/mol. The lowest BCUT2D eigenvalue weighted by molar-refractivity contribution is -0.127. The van der Waals surface area contributed by atoms with Gasteiger partial charge in [0.15, 0.2) is 0 Å². The van der Waals surface area contributed by atoms with Crippen molar-refractivity contribution in [1.82, 2.24) is 4.90 Å². The molecule has 134 valence electrons. The van der Waals surface area contributed by atoms with Crippen LogP contribution in [0.15, 0.2) is 60.2 Å². The number of fused-ring (bicyclic) bond motifs is 3. The highest BCUT2D eigenvalue weighted by molar-refractivity contribution is 5.85. The molecule has 1 N–H and O–H groups in total. The summed E-state index contributed by atoms with van der Waals surface area (Å²) in [5.41, 5.74) is 6.24. The number of amides is 1. The van der Waals surface area contributed by atoms with Crippen molar-refractivity contribution < 1.29 is 4.79 Å². The van der Waals surface area contributed by atoms with Crippen LogP contribution in [0, 0.1) is 0 Å². The van der Waals surface area contributed by atoms with E-state index in [-0.39, 0.29) is 17.5 Å². The Kier molecular flexibility index (Phi) is 4.10. The van der Waals surface area contributed by atoms with E-state index in [4.69, 9.17) is 0 Å². The van der Waals surface area contributed by atoms with Gasteiger partial charge in [0.2, 0.25) is 5.91 Å². The highest BCUT2D eigenvalue weighted by Gasteiger charge is 2.55. The van der Waals surface area contributed by atoms with E-state index in [1.807, 2.05) is 11.9 Å². The lowest BCUT2D eigenvalue weighted by atomic mass is 9.75. The quantitative estimate of drug-likeness (QED) is 0.828. The van der Waals surface area contributed by atoms with Gasteiger partial charge in [-0.25, -0.2) is 0 Å². The van der Waals surface area contributed by atoms with E-state index in [9.17, 15) is 4.79 Å². The molecule has 0 unspecified atom stereocenters. The first-order valence-electron chi connectivity index (χ1n) is 9.32. The summed E-state index contributed by atoms with van der Waals surface area (Å²) in [6, 6.07) is 17.3. The fourth-order valence-electron chi connectivity index (χ4n) is 4.40. The third-order valence-electron chi connectivity index (χ3n) is 5.81. The van der Waals surface area contributed by atoms with Crippen molar-refractivity contribution in [3.8, 4) is 0 Å². The van der Waals surface area contributed by atoms with E-state index in [1.54, 1.807) is 0 Å².